The van der Waals surface area contributed by atoms with Gasteiger partial charge in [0.05, 0.1) is 6.61 Å². The number of aryl methyl sites for hydroxylation is 2. The van der Waals surface area contributed by atoms with Crippen molar-refractivity contribution in [3.63, 3.8) is 0 Å². The van der Waals surface area contributed by atoms with Gasteiger partial charge in [-0.15, -0.1) is 0 Å². The number of hydrogen-bond donors (Lipinski definition) is 1. The summed E-state index contributed by atoms with van der Waals surface area (Å²) >= 11 is 0. The Labute approximate surface area is 148 Å². The molecular weight excluding hydrogens is 312 g/mol. The minimum Gasteiger partial charge on any atom is -0.494 e. The van der Waals surface area contributed by atoms with Crippen molar-refractivity contribution >= 4 is 17.7 Å². The molecule has 0 aliphatic carbocycles. The first-order valence-corrected chi connectivity index (χ1v) is 8.33. The van der Waals surface area contributed by atoms with Gasteiger partial charge >= 0.3 is 0 Å². The second-order valence-corrected chi connectivity index (χ2v) is 5.59. The topological polar surface area (TPSA) is 62.1 Å². The van der Waals surface area contributed by atoms with Gasteiger partial charge in [0.2, 0.25) is 0 Å². The molecule has 0 radical (unpaired) electrons. The molecule has 2 rings (SSSR count). The summed E-state index contributed by atoms with van der Waals surface area (Å²) in [6.45, 7) is 6.49. The summed E-state index contributed by atoms with van der Waals surface area (Å²) in [7, 11) is 0. The van der Waals surface area contributed by atoms with Crippen molar-refractivity contribution in [2.45, 2.75) is 27.2 Å². The van der Waals surface area contributed by atoms with Gasteiger partial charge in [-0.1, -0.05) is 37.3 Å². The summed E-state index contributed by atoms with van der Waals surface area (Å²) in [5, 5.41) is 12.2. The molecule has 25 heavy (non-hydrogen) atoms. The van der Waals surface area contributed by atoms with Crippen LogP contribution in [0.15, 0.2) is 48.0 Å². The number of carbonyl (C=O) groups excluding carboxylic acids is 1. The van der Waals surface area contributed by atoms with E-state index in [1.54, 1.807) is 6.08 Å². The quantitative estimate of drug-likeness (QED) is 0.625. The Balaban J connectivity index is 2.23. The number of rotatable bonds is 6. The zero-order valence-corrected chi connectivity index (χ0v) is 14.8. The molecule has 0 bridgehead atoms. The number of benzene rings is 2. The number of nitrogens with zero attached hydrogens (tertiary/aromatic N) is 1. The van der Waals surface area contributed by atoms with Crippen molar-refractivity contribution < 1.29 is 9.53 Å². The van der Waals surface area contributed by atoms with Gasteiger partial charge in [0.15, 0.2) is 0 Å². The Kier molecular flexibility index (Phi) is 6.36. The first-order valence-electron chi connectivity index (χ1n) is 8.33. The average Bonchev–Trinajstić information content (AvgIpc) is 2.62. The number of nitriles is 1. The third kappa shape index (κ3) is 4.71. The van der Waals surface area contributed by atoms with Crippen LogP contribution in [0.3, 0.4) is 0 Å². The van der Waals surface area contributed by atoms with Gasteiger partial charge < -0.3 is 10.1 Å². The summed E-state index contributed by atoms with van der Waals surface area (Å²) in [5.74, 6) is 0.357. The Morgan fingerprint density at radius 2 is 1.92 bits per heavy atom. The van der Waals surface area contributed by atoms with Crippen molar-refractivity contribution in [1.29, 1.82) is 5.26 Å². The predicted octanol–water partition coefficient (Wildman–Crippen LogP) is 4.50. The molecule has 0 atom stereocenters. The van der Waals surface area contributed by atoms with Crippen LogP contribution in [0.2, 0.25) is 0 Å². The molecule has 0 fully saturated rings. The molecule has 1 amide bonds. The molecule has 0 aromatic heterocycles. The van der Waals surface area contributed by atoms with E-state index in [1.807, 2.05) is 69.3 Å². The lowest BCUT2D eigenvalue weighted by atomic mass is 10.0. The third-order valence-corrected chi connectivity index (χ3v) is 3.85. The molecule has 4 heteroatoms. The van der Waals surface area contributed by atoms with Crippen LogP contribution in [0.25, 0.3) is 6.08 Å². The minimum absolute atomic E-state index is 0.0643. The molecule has 0 spiro atoms. The van der Waals surface area contributed by atoms with Crippen LogP contribution in [0.5, 0.6) is 5.75 Å². The molecule has 0 saturated carbocycles. The fraction of sp³-hybridized carbons (Fsp3) is 0.238. The van der Waals surface area contributed by atoms with Crippen molar-refractivity contribution in [2.24, 2.45) is 0 Å². The second-order valence-electron chi connectivity index (χ2n) is 5.59. The number of para-hydroxylation sites is 1. The summed E-state index contributed by atoms with van der Waals surface area (Å²) in [6.07, 6.45) is 2.39. The van der Waals surface area contributed by atoms with Crippen molar-refractivity contribution in [1.82, 2.24) is 0 Å². The van der Waals surface area contributed by atoms with Gasteiger partial charge in [0.1, 0.15) is 17.4 Å². The lowest BCUT2D eigenvalue weighted by Gasteiger charge is -2.12. The highest BCUT2D eigenvalue weighted by Crippen LogP contribution is 2.22. The average molecular weight is 334 g/mol. The van der Waals surface area contributed by atoms with Gasteiger partial charge in [-0.05, 0) is 55.2 Å². The number of anilines is 1. The van der Waals surface area contributed by atoms with Crippen LogP contribution >= 0.6 is 0 Å². The molecule has 4 nitrogen and oxygen atoms in total. The van der Waals surface area contributed by atoms with Crippen LogP contribution in [0.4, 0.5) is 5.69 Å². The maximum Gasteiger partial charge on any atom is 0.266 e. The number of nitrogens with one attached hydrogen (secondary N) is 1. The fourth-order valence-corrected chi connectivity index (χ4v) is 2.53. The predicted molar refractivity (Wildman–Crippen MR) is 100 cm³/mol. The number of ether oxygens (including phenoxy) is 1. The summed E-state index contributed by atoms with van der Waals surface area (Å²) in [6, 6.07) is 15.1. The van der Waals surface area contributed by atoms with Crippen LogP contribution in [0, 0.1) is 18.3 Å². The zero-order chi connectivity index (χ0) is 18.2. The molecular formula is C21H22N2O2. The van der Waals surface area contributed by atoms with Crippen molar-refractivity contribution in [3.8, 4) is 11.8 Å². The Morgan fingerprint density at radius 1 is 1.20 bits per heavy atom. The first kappa shape index (κ1) is 18.3. The summed E-state index contributed by atoms with van der Waals surface area (Å²) in [5.41, 5.74) is 3.64. The van der Waals surface area contributed by atoms with Crippen LogP contribution in [-0.4, -0.2) is 12.5 Å². The molecule has 128 valence electrons. The van der Waals surface area contributed by atoms with E-state index < -0.39 is 5.91 Å². The molecule has 2 aromatic rings. The van der Waals surface area contributed by atoms with Crippen LogP contribution in [-0.2, 0) is 11.2 Å². The fourth-order valence-electron chi connectivity index (χ4n) is 2.53. The summed E-state index contributed by atoms with van der Waals surface area (Å²) in [4.78, 5) is 12.5. The van der Waals surface area contributed by atoms with E-state index in [0.717, 1.165) is 34.5 Å². The van der Waals surface area contributed by atoms with E-state index >= 15 is 0 Å². The standard InChI is InChI=1S/C21H22N2O2/c1-4-17-8-6-7-15(3)20(17)23-21(24)18(14-22)13-16-9-11-19(12-10-16)25-5-2/h6-13H,4-5H2,1-3H3,(H,23,24)/b18-13+. The molecule has 0 aliphatic rings. The molecule has 2 aromatic carbocycles. The van der Waals surface area contributed by atoms with Crippen LogP contribution < -0.4 is 10.1 Å². The lowest BCUT2D eigenvalue weighted by molar-refractivity contribution is -0.112. The van der Waals surface area contributed by atoms with Crippen molar-refractivity contribution in [2.75, 3.05) is 11.9 Å². The molecule has 1 N–H and O–H groups in total. The summed E-state index contributed by atoms with van der Waals surface area (Å²) < 4.78 is 5.39. The van der Waals surface area contributed by atoms with Crippen LogP contribution in [0.1, 0.15) is 30.5 Å². The van der Waals surface area contributed by atoms with E-state index in [2.05, 4.69) is 5.32 Å². The number of carbonyl (C=O) groups is 1. The Bertz CT molecular complexity index is 815. The molecule has 0 aliphatic heterocycles. The normalized spacial score (nSPS) is 10.9. The van der Waals surface area contributed by atoms with Gasteiger partial charge in [-0.3, -0.25) is 4.79 Å². The highest BCUT2D eigenvalue weighted by atomic mass is 16.5. The van der Waals surface area contributed by atoms with Gasteiger partial charge in [0, 0.05) is 5.69 Å². The van der Waals surface area contributed by atoms with E-state index in [4.69, 9.17) is 4.74 Å². The Hall–Kier alpha value is -3.06. The van der Waals surface area contributed by atoms with E-state index in [-0.39, 0.29) is 5.57 Å². The molecule has 0 unspecified atom stereocenters. The van der Waals surface area contributed by atoms with Crippen molar-refractivity contribution in [3.05, 3.63) is 64.7 Å². The molecule has 0 saturated heterocycles. The van der Waals surface area contributed by atoms with Gasteiger partial charge in [-0.25, -0.2) is 0 Å². The minimum atomic E-state index is -0.402. The zero-order valence-electron chi connectivity index (χ0n) is 14.8. The van der Waals surface area contributed by atoms with E-state index in [9.17, 15) is 10.1 Å². The maximum atomic E-state index is 12.5. The number of amides is 1. The highest BCUT2D eigenvalue weighted by Gasteiger charge is 2.13. The largest absolute Gasteiger partial charge is 0.494 e. The van der Waals surface area contributed by atoms with E-state index in [1.165, 1.54) is 0 Å². The maximum absolute atomic E-state index is 12.5. The number of hydrogen-bond acceptors (Lipinski definition) is 3. The molecule has 0 heterocycles. The Morgan fingerprint density at radius 3 is 2.52 bits per heavy atom. The SMILES string of the molecule is CCOc1ccc(/C=C(\C#N)C(=O)Nc2c(C)cccc2CC)cc1. The van der Waals surface area contributed by atoms with Gasteiger partial charge in [0.25, 0.3) is 5.91 Å². The first-order chi connectivity index (χ1) is 12.1. The van der Waals surface area contributed by atoms with Gasteiger partial charge in [-0.2, -0.15) is 5.26 Å². The lowest BCUT2D eigenvalue weighted by Crippen LogP contribution is -2.15. The van der Waals surface area contributed by atoms with E-state index in [0.29, 0.717) is 6.61 Å². The smallest absolute Gasteiger partial charge is 0.266 e. The highest BCUT2D eigenvalue weighted by molar-refractivity contribution is 6.10. The second kappa shape index (κ2) is 8.70. The third-order valence-electron chi connectivity index (χ3n) is 3.85. The monoisotopic (exact) mass is 334 g/mol.